The van der Waals surface area contributed by atoms with Gasteiger partial charge in [-0.05, 0) is 39.8 Å². The van der Waals surface area contributed by atoms with Crippen molar-refractivity contribution in [2.45, 2.75) is 45.5 Å². The van der Waals surface area contributed by atoms with Crippen LogP contribution in [0.15, 0.2) is 12.1 Å². The lowest BCUT2D eigenvalue weighted by Gasteiger charge is -2.32. The zero-order valence-corrected chi connectivity index (χ0v) is 13.5. The number of methoxy groups -OCH3 is 2. The molecule has 1 aliphatic heterocycles. The van der Waals surface area contributed by atoms with Gasteiger partial charge in [0.2, 0.25) is 0 Å². The fourth-order valence-corrected chi connectivity index (χ4v) is 2.31. The zero-order valence-electron chi connectivity index (χ0n) is 13.5. The quantitative estimate of drug-likeness (QED) is 0.853. The molecule has 21 heavy (non-hydrogen) atoms. The van der Waals surface area contributed by atoms with E-state index in [4.69, 9.17) is 18.8 Å². The minimum absolute atomic E-state index is 0.146. The van der Waals surface area contributed by atoms with E-state index in [2.05, 4.69) is 0 Å². The number of aliphatic hydroxyl groups is 1. The first-order chi connectivity index (χ1) is 9.75. The normalized spacial score (nSPS) is 19.7. The summed E-state index contributed by atoms with van der Waals surface area (Å²) < 4.78 is 22.8. The van der Waals surface area contributed by atoms with Crippen LogP contribution in [-0.4, -0.2) is 37.6 Å². The number of aliphatic hydroxyl groups excluding tert-OH is 1. The minimum atomic E-state index is -0.564. The Hall–Kier alpha value is -1.24. The van der Waals surface area contributed by atoms with Crippen molar-refractivity contribution < 1.29 is 23.9 Å². The minimum Gasteiger partial charge on any atom is -0.497 e. The van der Waals surface area contributed by atoms with Gasteiger partial charge in [0.15, 0.2) is 0 Å². The average molecular weight is 294 g/mol. The van der Waals surface area contributed by atoms with Gasteiger partial charge >= 0.3 is 7.12 Å². The summed E-state index contributed by atoms with van der Waals surface area (Å²) in [5, 5.41) is 9.52. The maximum Gasteiger partial charge on any atom is 0.498 e. The number of rotatable bonds is 4. The first-order valence-electron chi connectivity index (χ1n) is 6.97. The van der Waals surface area contributed by atoms with Crippen LogP contribution in [0.3, 0.4) is 0 Å². The van der Waals surface area contributed by atoms with E-state index in [0.717, 1.165) is 5.46 Å². The summed E-state index contributed by atoms with van der Waals surface area (Å²) in [5.41, 5.74) is 0.483. The first kappa shape index (κ1) is 16.1. The lowest BCUT2D eigenvalue weighted by atomic mass is 9.77. The zero-order chi connectivity index (χ0) is 15.8. The van der Waals surface area contributed by atoms with Gasteiger partial charge in [-0.2, -0.15) is 0 Å². The smallest absolute Gasteiger partial charge is 0.497 e. The third-order valence-electron chi connectivity index (χ3n) is 4.29. The van der Waals surface area contributed by atoms with E-state index >= 15 is 0 Å². The second-order valence-corrected chi connectivity index (χ2v) is 6.16. The van der Waals surface area contributed by atoms with Gasteiger partial charge in [-0.15, -0.1) is 0 Å². The summed E-state index contributed by atoms with van der Waals surface area (Å²) >= 11 is 0. The molecule has 116 valence electrons. The summed E-state index contributed by atoms with van der Waals surface area (Å²) in [7, 11) is 2.58. The van der Waals surface area contributed by atoms with Gasteiger partial charge in [0, 0.05) is 11.0 Å². The molecule has 0 saturated carbocycles. The Morgan fingerprint density at radius 1 is 1.05 bits per heavy atom. The monoisotopic (exact) mass is 294 g/mol. The molecular formula is C15H23BO5. The average Bonchev–Trinajstić information content (AvgIpc) is 2.65. The van der Waals surface area contributed by atoms with Crippen LogP contribution < -0.4 is 14.9 Å². The third-order valence-corrected chi connectivity index (χ3v) is 4.29. The van der Waals surface area contributed by atoms with Crippen LogP contribution >= 0.6 is 0 Å². The summed E-state index contributed by atoms with van der Waals surface area (Å²) in [5.74, 6) is 1.20. The van der Waals surface area contributed by atoms with Crippen LogP contribution in [0, 0.1) is 0 Å². The third kappa shape index (κ3) is 2.75. The van der Waals surface area contributed by atoms with Crippen LogP contribution in [-0.2, 0) is 15.9 Å². The SMILES string of the molecule is COc1cc(CO)c(OC)c(B2OC(C)(C)C(C)(C)O2)c1. The molecule has 1 aromatic carbocycles. The lowest BCUT2D eigenvalue weighted by molar-refractivity contribution is 0.00578. The van der Waals surface area contributed by atoms with Crippen molar-refractivity contribution in [1.82, 2.24) is 0 Å². The summed E-state index contributed by atoms with van der Waals surface area (Å²) in [4.78, 5) is 0. The van der Waals surface area contributed by atoms with Crippen LogP contribution in [0.4, 0.5) is 0 Å². The van der Waals surface area contributed by atoms with Gasteiger partial charge in [0.1, 0.15) is 11.5 Å². The molecule has 1 heterocycles. The van der Waals surface area contributed by atoms with Gasteiger partial charge in [-0.1, -0.05) is 0 Å². The van der Waals surface area contributed by atoms with Gasteiger partial charge in [-0.25, -0.2) is 0 Å². The first-order valence-corrected chi connectivity index (χ1v) is 6.97. The van der Waals surface area contributed by atoms with E-state index in [1.54, 1.807) is 20.3 Å². The molecule has 0 atom stereocenters. The van der Waals surface area contributed by atoms with Crippen molar-refractivity contribution >= 4 is 12.6 Å². The largest absolute Gasteiger partial charge is 0.498 e. The van der Waals surface area contributed by atoms with Crippen LogP contribution in [0.2, 0.25) is 0 Å². The fraction of sp³-hybridized carbons (Fsp3) is 0.600. The number of hydrogen-bond donors (Lipinski definition) is 1. The summed E-state index contributed by atoms with van der Waals surface area (Å²) in [6.45, 7) is 7.82. The molecule has 2 rings (SSSR count). The Morgan fingerprint density at radius 2 is 1.62 bits per heavy atom. The Bertz CT molecular complexity index is 511. The molecular weight excluding hydrogens is 271 g/mol. The van der Waals surface area contributed by atoms with Crippen molar-refractivity contribution in [2.75, 3.05) is 14.2 Å². The van der Waals surface area contributed by atoms with Crippen LogP contribution in [0.1, 0.15) is 33.3 Å². The molecule has 0 radical (unpaired) electrons. The molecule has 1 fully saturated rings. The van der Waals surface area contributed by atoms with Gasteiger partial charge in [-0.3, -0.25) is 0 Å². The number of benzene rings is 1. The Kier molecular flexibility index (Phi) is 4.24. The molecule has 0 unspecified atom stereocenters. The summed E-state index contributed by atoms with van der Waals surface area (Å²) in [6.07, 6.45) is 0. The van der Waals surface area contributed by atoms with Crippen LogP contribution in [0.25, 0.3) is 0 Å². The molecule has 1 N–H and O–H groups in total. The van der Waals surface area contributed by atoms with Crippen molar-refractivity contribution in [1.29, 1.82) is 0 Å². The predicted molar refractivity (Wildman–Crippen MR) is 81.2 cm³/mol. The molecule has 6 heteroatoms. The van der Waals surface area contributed by atoms with Crippen molar-refractivity contribution in [2.24, 2.45) is 0 Å². The highest BCUT2D eigenvalue weighted by molar-refractivity contribution is 6.63. The van der Waals surface area contributed by atoms with Gasteiger partial charge < -0.3 is 23.9 Å². The topological polar surface area (TPSA) is 57.2 Å². The molecule has 0 spiro atoms. The van der Waals surface area contributed by atoms with E-state index in [0.29, 0.717) is 17.1 Å². The Labute approximate surface area is 126 Å². The van der Waals surface area contributed by atoms with Gasteiger partial charge in [0.25, 0.3) is 0 Å². The van der Waals surface area contributed by atoms with E-state index in [1.807, 2.05) is 33.8 Å². The van der Waals surface area contributed by atoms with Gasteiger partial charge in [0.05, 0.1) is 32.0 Å². The molecule has 5 nitrogen and oxygen atoms in total. The van der Waals surface area contributed by atoms with E-state index in [9.17, 15) is 5.11 Å². The molecule has 1 aromatic rings. The highest BCUT2D eigenvalue weighted by atomic mass is 16.7. The number of ether oxygens (including phenoxy) is 2. The maximum atomic E-state index is 9.52. The van der Waals surface area contributed by atoms with Crippen LogP contribution in [0.5, 0.6) is 11.5 Å². The van der Waals surface area contributed by atoms with E-state index in [-0.39, 0.29) is 6.61 Å². The number of hydrogen-bond acceptors (Lipinski definition) is 5. The predicted octanol–water partition coefficient (Wildman–Crippen LogP) is 1.50. The highest BCUT2D eigenvalue weighted by Gasteiger charge is 2.52. The molecule has 1 aliphatic rings. The molecule has 0 amide bonds. The lowest BCUT2D eigenvalue weighted by Crippen LogP contribution is -2.41. The van der Waals surface area contributed by atoms with E-state index in [1.165, 1.54) is 0 Å². The second kappa shape index (κ2) is 5.52. The Morgan fingerprint density at radius 3 is 2.05 bits per heavy atom. The Balaban J connectivity index is 2.49. The van der Waals surface area contributed by atoms with Crippen molar-refractivity contribution in [3.63, 3.8) is 0 Å². The maximum absolute atomic E-state index is 9.52. The molecule has 1 saturated heterocycles. The standard InChI is InChI=1S/C15H23BO5/c1-14(2)15(3,4)21-16(20-14)12-8-11(18-5)7-10(9-17)13(12)19-6/h7-8,17H,9H2,1-6H3. The van der Waals surface area contributed by atoms with Crippen molar-refractivity contribution in [3.05, 3.63) is 17.7 Å². The van der Waals surface area contributed by atoms with E-state index < -0.39 is 18.3 Å². The second-order valence-electron chi connectivity index (χ2n) is 6.16. The molecule has 0 aromatic heterocycles. The van der Waals surface area contributed by atoms with Crippen molar-refractivity contribution in [3.8, 4) is 11.5 Å². The molecule has 0 aliphatic carbocycles. The molecule has 0 bridgehead atoms. The highest BCUT2D eigenvalue weighted by Crippen LogP contribution is 2.38. The summed E-state index contributed by atoms with van der Waals surface area (Å²) in [6, 6.07) is 3.56. The fourth-order valence-electron chi connectivity index (χ4n) is 2.31.